The SMILES string of the molecule is CN1C(=O)N(c2cccc3ccccc23)C(NC(=O)Nc2ccc(Cl)c(Cl)c2)C1(C)C. The second-order valence-electron chi connectivity index (χ2n) is 7.99. The van der Waals surface area contributed by atoms with Gasteiger partial charge in [-0.2, -0.15) is 0 Å². The molecule has 1 atom stereocenters. The molecule has 1 saturated heterocycles. The van der Waals surface area contributed by atoms with Crippen LogP contribution in [0.15, 0.2) is 60.7 Å². The molecule has 31 heavy (non-hydrogen) atoms. The van der Waals surface area contributed by atoms with Gasteiger partial charge in [0.2, 0.25) is 0 Å². The molecule has 4 rings (SSSR count). The van der Waals surface area contributed by atoms with Gasteiger partial charge in [0.15, 0.2) is 0 Å². The van der Waals surface area contributed by atoms with Crippen molar-refractivity contribution >= 4 is 57.4 Å². The lowest BCUT2D eigenvalue weighted by Gasteiger charge is -2.34. The summed E-state index contributed by atoms with van der Waals surface area (Å²) in [5.41, 5.74) is 0.572. The third kappa shape index (κ3) is 3.77. The van der Waals surface area contributed by atoms with Crippen LogP contribution in [-0.2, 0) is 0 Å². The molecule has 0 saturated carbocycles. The van der Waals surface area contributed by atoms with Crippen molar-refractivity contribution in [2.45, 2.75) is 25.6 Å². The molecule has 0 bridgehead atoms. The minimum atomic E-state index is -0.664. The van der Waals surface area contributed by atoms with Crippen LogP contribution in [0.5, 0.6) is 0 Å². The van der Waals surface area contributed by atoms with E-state index in [1.165, 1.54) is 0 Å². The average Bonchev–Trinajstić information content (AvgIpc) is 2.90. The quantitative estimate of drug-likeness (QED) is 0.511. The first-order valence-corrected chi connectivity index (χ1v) is 10.5. The number of rotatable bonds is 3. The fourth-order valence-electron chi connectivity index (χ4n) is 3.78. The molecule has 1 fully saturated rings. The number of carbonyl (C=O) groups is 2. The molecular weight excluding hydrogens is 435 g/mol. The lowest BCUT2D eigenvalue weighted by molar-refractivity contribution is 0.180. The van der Waals surface area contributed by atoms with E-state index in [0.29, 0.717) is 15.7 Å². The summed E-state index contributed by atoms with van der Waals surface area (Å²) in [4.78, 5) is 29.4. The van der Waals surface area contributed by atoms with Gasteiger partial charge in [0.05, 0.1) is 21.3 Å². The number of carbonyl (C=O) groups excluding carboxylic acids is 2. The Kier molecular flexibility index (Phi) is 5.45. The highest BCUT2D eigenvalue weighted by atomic mass is 35.5. The molecule has 0 spiro atoms. The highest BCUT2D eigenvalue weighted by molar-refractivity contribution is 6.42. The molecule has 0 aromatic heterocycles. The molecule has 4 amide bonds. The molecule has 1 aliphatic rings. The second kappa shape index (κ2) is 7.94. The minimum absolute atomic E-state index is 0.193. The van der Waals surface area contributed by atoms with Gasteiger partial charge < -0.3 is 15.5 Å². The van der Waals surface area contributed by atoms with Crippen LogP contribution in [0.25, 0.3) is 10.8 Å². The number of halogens is 2. The van der Waals surface area contributed by atoms with Gasteiger partial charge in [0.1, 0.15) is 6.17 Å². The van der Waals surface area contributed by atoms with Gasteiger partial charge in [-0.3, -0.25) is 4.90 Å². The summed E-state index contributed by atoms with van der Waals surface area (Å²) in [6.45, 7) is 3.83. The number of fused-ring (bicyclic) bond motifs is 1. The monoisotopic (exact) mass is 456 g/mol. The van der Waals surface area contributed by atoms with Crippen molar-refractivity contribution in [3.8, 4) is 0 Å². The van der Waals surface area contributed by atoms with Gasteiger partial charge in [-0.1, -0.05) is 59.6 Å². The molecule has 2 N–H and O–H groups in total. The molecule has 1 heterocycles. The summed E-state index contributed by atoms with van der Waals surface area (Å²) in [7, 11) is 1.74. The maximum absolute atomic E-state index is 13.2. The summed E-state index contributed by atoms with van der Waals surface area (Å²) in [6.07, 6.45) is -0.612. The zero-order valence-corrected chi connectivity index (χ0v) is 18.8. The topological polar surface area (TPSA) is 64.7 Å². The number of benzene rings is 3. The molecule has 1 unspecified atom stereocenters. The van der Waals surface area contributed by atoms with E-state index in [1.54, 1.807) is 35.0 Å². The lowest BCUT2D eigenvalue weighted by Crippen LogP contribution is -2.56. The molecule has 6 nitrogen and oxygen atoms in total. The summed E-state index contributed by atoms with van der Waals surface area (Å²) in [6, 6.07) is 17.8. The van der Waals surface area contributed by atoms with Crippen LogP contribution in [0.1, 0.15) is 13.8 Å². The van der Waals surface area contributed by atoms with Gasteiger partial charge in [-0.25, -0.2) is 9.59 Å². The summed E-state index contributed by atoms with van der Waals surface area (Å²) < 4.78 is 0. The van der Waals surface area contributed by atoms with E-state index in [4.69, 9.17) is 23.2 Å². The predicted molar refractivity (Wildman–Crippen MR) is 126 cm³/mol. The van der Waals surface area contributed by atoms with Crippen molar-refractivity contribution in [1.29, 1.82) is 0 Å². The second-order valence-corrected chi connectivity index (χ2v) is 8.81. The summed E-state index contributed by atoms with van der Waals surface area (Å²) in [5.74, 6) is 0. The van der Waals surface area contributed by atoms with E-state index in [9.17, 15) is 9.59 Å². The first-order chi connectivity index (χ1) is 14.7. The van der Waals surface area contributed by atoms with Gasteiger partial charge in [0.25, 0.3) is 0 Å². The Balaban J connectivity index is 1.68. The first kappa shape index (κ1) is 21.3. The Morgan fingerprint density at radius 1 is 1.00 bits per heavy atom. The van der Waals surface area contributed by atoms with Crippen molar-refractivity contribution in [2.24, 2.45) is 0 Å². The molecular formula is C23H22Cl2N4O2. The van der Waals surface area contributed by atoms with Crippen LogP contribution in [0.3, 0.4) is 0 Å². The normalized spacial score (nSPS) is 17.8. The number of nitrogens with zero attached hydrogens (tertiary/aromatic N) is 2. The van der Waals surface area contributed by atoms with Crippen LogP contribution in [0.2, 0.25) is 10.0 Å². The zero-order valence-electron chi connectivity index (χ0n) is 17.3. The van der Waals surface area contributed by atoms with E-state index < -0.39 is 17.7 Å². The van der Waals surface area contributed by atoms with Crippen molar-refractivity contribution in [2.75, 3.05) is 17.3 Å². The summed E-state index contributed by atoms with van der Waals surface area (Å²) in [5, 5.41) is 8.41. The van der Waals surface area contributed by atoms with Crippen LogP contribution >= 0.6 is 23.2 Å². The van der Waals surface area contributed by atoms with Crippen molar-refractivity contribution in [1.82, 2.24) is 10.2 Å². The van der Waals surface area contributed by atoms with Crippen molar-refractivity contribution in [3.05, 3.63) is 70.7 Å². The fraction of sp³-hybridized carbons (Fsp3) is 0.217. The predicted octanol–water partition coefficient (Wildman–Crippen LogP) is 5.94. The van der Waals surface area contributed by atoms with E-state index in [-0.39, 0.29) is 6.03 Å². The van der Waals surface area contributed by atoms with Gasteiger partial charge in [0, 0.05) is 18.1 Å². The van der Waals surface area contributed by atoms with Crippen LogP contribution in [-0.4, -0.2) is 35.7 Å². The van der Waals surface area contributed by atoms with E-state index in [1.807, 2.05) is 56.3 Å². The maximum Gasteiger partial charge on any atom is 0.326 e. The third-order valence-electron chi connectivity index (χ3n) is 5.76. The third-order valence-corrected chi connectivity index (χ3v) is 6.50. The first-order valence-electron chi connectivity index (χ1n) is 9.77. The summed E-state index contributed by atoms with van der Waals surface area (Å²) >= 11 is 12.0. The molecule has 0 radical (unpaired) electrons. The number of amides is 4. The largest absolute Gasteiger partial charge is 0.326 e. The highest BCUT2D eigenvalue weighted by Gasteiger charge is 2.51. The van der Waals surface area contributed by atoms with E-state index in [0.717, 1.165) is 16.5 Å². The Morgan fingerprint density at radius 3 is 2.45 bits per heavy atom. The number of hydrogen-bond donors (Lipinski definition) is 2. The lowest BCUT2D eigenvalue weighted by atomic mass is 10.00. The molecule has 0 aliphatic carbocycles. The van der Waals surface area contributed by atoms with Gasteiger partial charge in [-0.05, 0) is 43.5 Å². The van der Waals surface area contributed by atoms with Crippen LogP contribution < -0.4 is 15.5 Å². The fourth-order valence-corrected chi connectivity index (χ4v) is 4.08. The van der Waals surface area contributed by atoms with Crippen LogP contribution in [0, 0.1) is 0 Å². The smallest absolute Gasteiger partial charge is 0.318 e. The molecule has 1 aliphatic heterocycles. The van der Waals surface area contributed by atoms with Crippen LogP contribution in [0.4, 0.5) is 21.0 Å². The van der Waals surface area contributed by atoms with Gasteiger partial charge >= 0.3 is 12.1 Å². The Bertz CT molecular complexity index is 1180. The Morgan fingerprint density at radius 2 is 1.71 bits per heavy atom. The minimum Gasteiger partial charge on any atom is -0.318 e. The molecule has 160 valence electrons. The molecule has 8 heteroatoms. The highest BCUT2D eigenvalue weighted by Crippen LogP contribution is 2.37. The molecule has 3 aromatic rings. The average molecular weight is 457 g/mol. The van der Waals surface area contributed by atoms with E-state index >= 15 is 0 Å². The molecule has 3 aromatic carbocycles. The zero-order chi connectivity index (χ0) is 22.3. The number of hydrogen-bond acceptors (Lipinski definition) is 2. The van der Waals surface area contributed by atoms with Gasteiger partial charge in [-0.15, -0.1) is 0 Å². The number of nitrogens with one attached hydrogen (secondary N) is 2. The number of anilines is 2. The number of likely N-dealkylation sites (N-methyl/N-ethyl adjacent to an activating group) is 1. The van der Waals surface area contributed by atoms with Crippen molar-refractivity contribution < 1.29 is 9.59 Å². The van der Waals surface area contributed by atoms with E-state index in [2.05, 4.69) is 10.6 Å². The van der Waals surface area contributed by atoms with Crippen molar-refractivity contribution in [3.63, 3.8) is 0 Å². The number of urea groups is 2. The standard InChI is InChI=1S/C23H22Cl2N4O2/c1-23(2)20(27-21(30)26-15-11-12-17(24)18(25)13-15)29(22(31)28(23)3)19-10-6-8-14-7-4-5-9-16(14)19/h4-13,20H,1-3H3,(H2,26,27,30). The Hall–Kier alpha value is -2.96. The Labute approximate surface area is 190 Å². The maximum atomic E-state index is 13.2.